The molecule has 158 valence electrons. The van der Waals surface area contributed by atoms with Crippen LogP contribution < -0.4 is 15.0 Å². The molecule has 1 saturated heterocycles. The maximum Gasteiger partial charge on any atom is 0.416 e. The second-order valence-corrected chi connectivity index (χ2v) is 8.78. The Balaban J connectivity index is 1.09. The first kappa shape index (κ1) is 19.2. The van der Waals surface area contributed by atoms with Gasteiger partial charge in [-0.05, 0) is 74.6 Å². The van der Waals surface area contributed by atoms with E-state index in [0.29, 0.717) is 18.3 Å². The van der Waals surface area contributed by atoms with Gasteiger partial charge in [0.15, 0.2) is 0 Å². The van der Waals surface area contributed by atoms with Crippen LogP contribution in [0.3, 0.4) is 0 Å². The molecule has 2 aliphatic carbocycles. The number of aromatic nitrogens is 2. The summed E-state index contributed by atoms with van der Waals surface area (Å²) in [5.74, 6) is 3.67. The zero-order valence-corrected chi connectivity index (χ0v) is 17.1. The predicted octanol–water partition coefficient (Wildman–Crippen LogP) is 4.26. The number of nitrogens with one attached hydrogen (secondary N) is 1. The molecule has 3 fully saturated rings. The molecular weight excluding hydrogens is 380 g/mol. The molecule has 2 saturated carbocycles. The van der Waals surface area contributed by atoms with E-state index < -0.39 is 0 Å². The summed E-state index contributed by atoms with van der Waals surface area (Å²) in [6.07, 6.45) is 9.62. The van der Waals surface area contributed by atoms with Crippen LogP contribution in [0.4, 0.5) is 16.4 Å². The number of rotatable bonds is 7. The van der Waals surface area contributed by atoms with Crippen molar-refractivity contribution in [1.82, 2.24) is 9.97 Å². The third-order valence-electron chi connectivity index (χ3n) is 6.40. The van der Waals surface area contributed by atoms with Gasteiger partial charge < -0.3 is 14.8 Å². The fourth-order valence-electron chi connectivity index (χ4n) is 4.30. The Labute approximate surface area is 176 Å². The highest BCUT2D eigenvalue weighted by Gasteiger charge is 2.47. The van der Waals surface area contributed by atoms with Crippen LogP contribution in [0.5, 0.6) is 5.75 Å². The van der Waals surface area contributed by atoms with E-state index in [0.717, 1.165) is 56.3 Å². The summed E-state index contributed by atoms with van der Waals surface area (Å²) >= 11 is 0. The monoisotopic (exact) mass is 408 g/mol. The van der Waals surface area contributed by atoms with Gasteiger partial charge in [-0.25, -0.2) is 14.8 Å². The van der Waals surface area contributed by atoms with E-state index in [9.17, 15) is 4.79 Å². The van der Waals surface area contributed by atoms with E-state index in [-0.39, 0.29) is 11.7 Å². The lowest BCUT2D eigenvalue weighted by molar-refractivity contribution is 0.0148. The first-order valence-electron chi connectivity index (χ1n) is 10.9. The number of anilines is 2. The van der Waals surface area contributed by atoms with Gasteiger partial charge in [-0.2, -0.15) is 0 Å². The average molecular weight is 409 g/mol. The summed E-state index contributed by atoms with van der Waals surface area (Å²) in [6, 6.07) is 9.56. The van der Waals surface area contributed by atoms with Crippen LogP contribution in [0, 0.1) is 11.8 Å². The van der Waals surface area contributed by atoms with Crippen molar-refractivity contribution in [3.05, 3.63) is 42.7 Å². The maximum atomic E-state index is 12.4. The van der Waals surface area contributed by atoms with Crippen LogP contribution in [-0.4, -0.2) is 41.4 Å². The Morgan fingerprint density at radius 1 is 1.10 bits per heavy atom. The summed E-state index contributed by atoms with van der Waals surface area (Å²) in [7, 11) is 0. The number of hydrogen-bond donors (Lipinski definition) is 1. The minimum absolute atomic E-state index is 0.279. The quantitative estimate of drug-likeness (QED) is 0.738. The summed E-state index contributed by atoms with van der Waals surface area (Å²) in [5.41, 5.74) is -0.371. The van der Waals surface area contributed by atoms with Crippen LogP contribution in [0.1, 0.15) is 38.5 Å². The van der Waals surface area contributed by atoms with Crippen molar-refractivity contribution in [2.24, 2.45) is 11.8 Å². The minimum atomic E-state index is -0.371. The Bertz CT molecular complexity index is 862. The van der Waals surface area contributed by atoms with E-state index in [1.165, 1.54) is 12.8 Å². The number of ether oxygens (including phenoxy) is 2. The lowest BCUT2D eigenvalue weighted by Gasteiger charge is -2.35. The molecule has 1 N–H and O–H groups in total. The number of pyridine rings is 2. The van der Waals surface area contributed by atoms with E-state index in [1.807, 2.05) is 30.3 Å². The third kappa shape index (κ3) is 4.35. The van der Waals surface area contributed by atoms with Gasteiger partial charge in [0.05, 0.1) is 19.3 Å². The first-order valence-corrected chi connectivity index (χ1v) is 10.9. The molecule has 30 heavy (non-hydrogen) atoms. The van der Waals surface area contributed by atoms with E-state index in [4.69, 9.17) is 9.47 Å². The van der Waals surface area contributed by atoms with Gasteiger partial charge in [0.1, 0.15) is 23.0 Å². The van der Waals surface area contributed by atoms with Crippen molar-refractivity contribution >= 4 is 17.7 Å². The smallest absolute Gasteiger partial charge is 0.416 e. The van der Waals surface area contributed by atoms with Crippen LogP contribution in [-0.2, 0) is 4.74 Å². The predicted molar refractivity (Wildman–Crippen MR) is 114 cm³/mol. The molecule has 1 aliphatic heterocycles. The molecule has 0 atom stereocenters. The largest absolute Gasteiger partial charge is 0.492 e. The second kappa shape index (κ2) is 8.13. The number of hydrogen-bond acceptors (Lipinski definition) is 6. The van der Waals surface area contributed by atoms with Gasteiger partial charge in [-0.15, -0.1) is 0 Å². The summed E-state index contributed by atoms with van der Waals surface area (Å²) in [5, 5.41) is 3.45. The normalized spacial score (nSPS) is 25.9. The fourth-order valence-corrected chi connectivity index (χ4v) is 4.30. The summed E-state index contributed by atoms with van der Waals surface area (Å²) < 4.78 is 11.6. The summed E-state index contributed by atoms with van der Waals surface area (Å²) in [6.45, 7) is 2.27. The zero-order chi connectivity index (χ0) is 20.4. The molecule has 0 aromatic carbocycles. The number of carbonyl (C=O) groups excluding carboxylic acids is 1. The molecule has 2 aromatic heterocycles. The van der Waals surface area contributed by atoms with Crippen LogP contribution in [0.15, 0.2) is 42.7 Å². The molecule has 7 heteroatoms. The maximum absolute atomic E-state index is 12.4. The molecule has 3 aliphatic rings. The molecule has 3 heterocycles. The van der Waals surface area contributed by atoms with Gasteiger partial charge in [0.2, 0.25) is 0 Å². The van der Waals surface area contributed by atoms with E-state index >= 15 is 0 Å². The average Bonchev–Trinajstić information content (AvgIpc) is 3.56. The van der Waals surface area contributed by atoms with E-state index in [1.54, 1.807) is 17.3 Å². The fraction of sp³-hybridized carbons (Fsp3) is 0.522. The lowest BCUT2D eigenvalue weighted by atomic mass is 9.78. The molecular formula is C23H28N4O3. The van der Waals surface area contributed by atoms with E-state index in [2.05, 4.69) is 15.3 Å². The molecule has 0 radical (unpaired) electrons. The van der Waals surface area contributed by atoms with Crippen molar-refractivity contribution < 1.29 is 14.3 Å². The Hall–Kier alpha value is -2.83. The SMILES string of the molecule is O=C1O[C@]2(CC[C@H](CNc3ccc(OCC4CC4)cn3)CC2)CN1c1ccccn1. The molecule has 1 spiro atoms. The highest BCUT2D eigenvalue weighted by molar-refractivity contribution is 5.89. The zero-order valence-electron chi connectivity index (χ0n) is 17.1. The molecule has 0 unspecified atom stereocenters. The van der Waals surface area contributed by atoms with Gasteiger partial charge in [0, 0.05) is 12.7 Å². The molecule has 0 bridgehead atoms. The molecule has 5 rings (SSSR count). The van der Waals surface area contributed by atoms with Crippen molar-refractivity contribution in [3.63, 3.8) is 0 Å². The Morgan fingerprint density at radius 3 is 2.67 bits per heavy atom. The van der Waals surface area contributed by atoms with Crippen molar-refractivity contribution in [3.8, 4) is 5.75 Å². The Morgan fingerprint density at radius 2 is 1.97 bits per heavy atom. The first-order chi connectivity index (χ1) is 14.7. The third-order valence-corrected chi connectivity index (χ3v) is 6.40. The highest BCUT2D eigenvalue weighted by atomic mass is 16.6. The van der Waals surface area contributed by atoms with Crippen molar-refractivity contribution in [2.75, 3.05) is 29.9 Å². The van der Waals surface area contributed by atoms with Crippen molar-refractivity contribution in [2.45, 2.75) is 44.1 Å². The number of amides is 1. The van der Waals surface area contributed by atoms with Gasteiger partial charge in [-0.3, -0.25) is 4.90 Å². The minimum Gasteiger partial charge on any atom is -0.492 e. The highest BCUT2D eigenvalue weighted by Crippen LogP contribution is 2.40. The second-order valence-electron chi connectivity index (χ2n) is 8.78. The van der Waals surface area contributed by atoms with Crippen molar-refractivity contribution in [1.29, 1.82) is 0 Å². The van der Waals surface area contributed by atoms with Crippen LogP contribution in [0.2, 0.25) is 0 Å². The molecule has 1 amide bonds. The standard InChI is InChI=1S/C23H28N4O3/c28-22-27(21-3-1-2-12-24-21)16-23(30-22)10-8-17(9-11-23)13-25-20-7-6-19(14-26-20)29-15-18-4-5-18/h1-3,6-7,12,14,17-18H,4-5,8-11,13,15-16H2,(H,25,26)/t17-,23-. The van der Waals surface area contributed by atoms with Crippen LogP contribution >= 0.6 is 0 Å². The summed E-state index contributed by atoms with van der Waals surface area (Å²) in [4.78, 5) is 22.8. The Kier molecular flexibility index (Phi) is 5.19. The number of nitrogens with zero attached hydrogens (tertiary/aromatic N) is 3. The topological polar surface area (TPSA) is 76.6 Å². The van der Waals surface area contributed by atoms with Gasteiger partial charge in [0.25, 0.3) is 0 Å². The van der Waals surface area contributed by atoms with Gasteiger partial charge >= 0.3 is 6.09 Å². The molecule has 7 nitrogen and oxygen atoms in total. The molecule has 2 aromatic rings. The lowest BCUT2D eigenvalue weighted by Crippen LogP contribution is -2.39. The van der Waals surface area contributed by atoms with Gasteiger partial charge in [-0.1, -0.05) is 6.07 Å². The van der Waals surface area contributed by atoms with Crippen LogP contribution in [0.25, 0.3) is 0 Å². The number of carbonyl (C=O) groups is 1.